The molecule has 0 radical (unpaired) electrons. The van der Waals surface area contributed by atoms with Crippen LogP contribution in [0.1, 0.15) is 5.56 Å². The highest BCUT2D eigenvalue weighted by Gasteiger charge is 2.17. The van der Waals surface area contributed by atoms with E-state index in [1.54, 1.807) is 28.9 Å². The Morgan fingerprint density at radius 2 is 1.80 bits per heavy atom. The van der Waals surface area contributed by atoms with Crippen LogP contribution in [0.15, 0.2) is 60.9 Å². The van der Waals surface area contributed by atoms with E-state index in [2.05, 4.69) is 4.98 Å². The quantitative estimate of drug-likeness (QED) is 0.603. The van der Waals surface area contributed by atoms with Gasteiger partial charge in [-0.05, 0) is 53.6 Å². The minimum atomic E-state index is -0.285. The summed E-state index contributed by atoms with van der Waals surface area (Å²) in [7, 11) is 0. The zero-order valence-electron chi connectivity index (χ0n) is 13.4. The van der Waals surface area contributed by atoms with Crippen molar-refractivity contribution < 1.29 is 4.39 Å². The molecule has 5 nitrogen and oxygen atoms in total. The number of pyridine rings is 2. The molecule has 0 atom stereocenters. The van der Waals surface area contributed by atoms with Gasteiger partial charge >= 0.3 is 0 Å². The van der Waals surface area contributed by atoms with Gasteiger partial charge < -0.3 is 11.5 Å². The number of hydrogen-bond acceptors (Lipinski definition) is 4. The fourth-order valence-corrected chi connectivity index (χ4v) is 2.91. The van der Waals surface area contributed by atoms with Crippen LogP contribution in [0, 0.1) is 5.82 Å². The van der Waals surface area contributed by atoms with Crippen molar-refractivity contribution in [1.29, 1.82) is 0 Å². The van der Waals surface area contributed by atoms with Gasteiger partial charge in [-0.2, -0.15) is 5.10 Å². The Hall–Kier alpha value is -3.25. The van der Waals surface area contributed by atoms with Crippen LogP contribution in [0.3, 0.4) is 0 Å². The topological polar surface area (TPSA) is 82.2 Å². The summed E-state index contributed by atoms with van der Waals surface area (Å²) in [5.74, 6) is 0.146. The normalized spacial score (nSPS) is 11.1. The summed E-state index contributed by atoms with van der Waals surface area (Å²) >= 11 is 0. The number of aromatic nitrogens is 3. The lowest BCUT2D eigenvalue weighted by atomic mass is 10.0. The number of anilines is 1. The number of halogens is 1. The van der Waals surface area contributed by atoms with E-state index in [1.807, 2.05) is 24.4 Å². The van der Waals surface area contributed by atoms with Crippen LogP contribution in [0.2, 0.25) is 0 Å². The second-order valence-electron chi connectivity index (χ2n) is 5.77. The molecule has 0 amide bonds. The summed E-state index contributed by atoms with van der Waals surface area (Å²) in [5, 5.41) is 4.70. The molecule has 0 saturated carbocycles. The monoisotopic (exact) mass is 333 g/mol. The van der Waals surface area contributed by atoms with Gasteiger partial charge in [0.25, 0.3) is 0 Å². The zero-order chi connectivity index (χ0) is 17.4. The molecule has 0 unspecified atom stereocenters. The van der Waals surface area contributed by atoms with E-state index in [4.69, 9.17) is 16.6 Å². The van der Waals surface area contributed by atoms with Crippen LogP contribution in [0.25, 0.3) is 27.9 Å². The molecule has 0 bridgehead atoms. The van der Waals surface area contributed by atoms with Crippen molar-refractivity contribution in [3.05, 3.63) is 72.3 Å². The number of rotatable bonds is 3. The molecular formula is C19H16FN5. The highest BCUT2D eigenvalue weighted by atomic mass is 19.1. The molecule has 0 aliphatic carbocycles. The number of nitrogen functional groups attached to an aromatic ring is 1. The number of hydrogen-bond donors (Lipinski definition) is 2. The summed E-state index contributed by atoms with van der Waals surface area (Å²) < 4.78 is 15.1. The molecule has 25 heavy (non-hydrogen) atoms. The van der Waals surface area contributed by atoms with Gasteiger partial charge in [-0.1, -0.05) is 6.07 Å². The third-order valence-corrected chi connectivity index (χ3v) is 4.11. The average molecular weight is 333 g/mol. The minimum absolute atomic E-state index is 0.285. The molecule has 0 aliphatic rings. The summed E-state index contributed by atoms with van der Waals surface area (Å²) in [6.07, 6.45) is 3.56. The van der Waals surface area contributed by atoms with Crippen LogP contribution >= 0.6 is 0 Å². The van der Waals surface area contributed by atoms with Gasteiger partial charge in [-0.3, -0.25) is 0 Å². The summed E-state index contributed by atoms with van der Waals surface area (Å²) in [6, 6.07) is 13.9. The van der Waals surface area contributed by atoms with Crippen molar-refractivity contribution in [3.63, 3.8) is 0 Å². The van der Waals surface area contributed by atoms with Crippen molar-refractivity contribution in [1.82, 2.24) is 14.6 Å². The van der Waals surface area contributed by atoms with Crippen LogP contribution in [0.4, 0.5) is 10.2 Å². The molecule has 4 aromatic rings. The maximum atomic E-state index is 13.3. The van der Waals surface area contributed by atoms with Gasteiger partial charge in [0.15, 0.2) is 0 Å². The highest BCUT2D eigenvalue weighted by Crippen LogP contribution is 2.35. The molecule has 3 aromatic heterocycles. The van der Waals surface area contributed by atoms with Crippen molar-refractivity contribution >= 4 is 11.3 Å². The fourth-order valence-electron chi connectivity index (χ4n) is 2.91. The molecule has 6 heteroatoms. The van der Waals surface area contributed by atoms with Gasteiger partial charge in [0.2, 0.25) is 0 Å². The van der Waals surface area contributed by atoms with Gasteiger partial charge in [0, 0.05) is 30.1 Å². The molecule has 1 aromatic carbocycles. The van der Waals surface area contributed by atoms with E-state index in [9.17, 15) is 4.39 Å². The SMILES string of the molecule is NCc1ccc2c(-c3ccnc(N)c3)c(-c3ccc(F)cc3)nn2c1. The Morgan fingerprint density at radius 3 is 2.52 bits per heavy atom. The summed E-state index contributed by atoms with van der Waals surface area (Å²) in [4.78, 5) is 4.06. The standard InChI is InChI=1S/C19H16FN5/c20-15-4-2-13(3-5-15)19-18(14-7-8-23-17(22)9-14)16-6-1-12(10-21)11-25(16)24-19/h1-9,11H,10,21H2,(H2,22,23). The predicted molar refractivity (Wildman–Crippen MR) is 96.1 cm³/mol. The largest absolute Gasteiger partial charge is 0.384 e. The minimum Gasteiger partial charge on any atom is -0.384 e. The Morgan fingerprint density at radius 1 is 1.00 bits per heavy atom. The molecule has 3 heterocycles. The third kappa shape index (κ3) is 2.72. The number of nitrogens with zero attached hydrogens (tertiary/aromatic N) is 3. The second kappa shape index (κ2) is 5.99. The molecular weight excluding hydrogens is 317 g/mol. The molecule has 0 saturated heterocycles. The van der Waals surface area contributed by atoms with E-state index in [0.717, 1.165) is 33.5 Å². The Bertz CT molecular complexity index is 1050. The van der Waals surface area contributed by atoms with Crippen LogP contribution in [-0.4, -0.2) is 14.6 Å². The number of fused-ring (bicyclic) bond motifs is 1. The molecule has 0 fully saturated rings. The fraction of sp³-hybridized carbons (Fsp3) is 0.0526. The molecule has 0 aliphatic heterocycles. The summed E-state index contributed by atoms with van der Waals surface area (Å²) in [5.41, 5.74) is 16.9. The molecule has 124 valence electrons. The van der Waals surface area contributed by atoms with E-state index in [0.29, 0.717) is 12.4 Å². The first-order valence-corrected chi connectivity index (χ1v) is 7.85. The van der Waals surface area contributed by atoms with Crippen molar-refractivity contribution in [3.8, 4) is 22.4 Å². The van der Waals surface area contributed by atoms with Gasteiger partial charge in [-0.15, -0.1) is 0 Å². The lowest BCUT2D eigenvalue weighted by Crippen LogP contribution is -1.98. The predicted octanol–water partition coefficient (Wildman–Crippen LogP) is 3.24. The molecule has 4 N–H and O–H groups in total. The highest BCUT2D eigenvalue weighted by molar-refractivity contribution is 5.92. The first-order chi connectivity index (χ1) is 12.2. The van der Waals surface area contributed by atoms with E-state index < -0.39 is 0 Å². The first-order valence-electron chi connectivity index (χ1n) is 7.85. The third-order valence-electron chi connectivity index (χ3n) is 4.11. The van der Waals surface area contributed by atoms with Gasteiger partial charge in [0.05, 0.1) is 5.52 Å². The maximum Gasteiger partial charge on any atom is 0.123 e. The van der Waals surface area contributed by atoms with Gasteiger partial charge in [-0.25, -0.2) is 13.9 Å². The molecule has 4 rings (SSSR count). The lowest BCUT2D eigenvalue weighted by Gasteiger charge is -2.05. The van der Waals surface area contributed by atoms with Gasteiger partial charge in [0.1, 0.15) is 17.3 Å². The Kier molecular flexibility index (Phi) is 3.66. The Labute approximate surface area is 143 Å². The maximum absolute atomic E-state index is 13.3. The first kappa shape index (κ1) is 15.3. The zero-order valence-corrected chi connectivity index (χ0v) is 13.4. The number of benzene rings is 1. The van der Waals surface area contributed by atoms with Crippen LogP contribution in [-0.2, 0) is 6.54 Å². The van der Waals surface area contributed by atoms with E-state index >= 15 is 0 Å². The van der Waals surface area contributed by atoms with Crippen LogP contribution in [0.5, 0.6) is 0 Å². The van der Waals surface area contributed by atoms with E-state index in [-0.39, 0.29) is 5.82 Å². The number of nitrogens with two attached hydrogens (primary N) is 2. The average Bonchev–Trinajstić information content (AvgIpc) is 3.00. The van der Waals surface area contributed by atoms with E-state index in [1.165, 1.54) is 12.1 Å². The Balaban J connectivity index is 2.03. The van der Waals surface area contributed by atoms with Crippen molar-refractivity contribution in [2.45, 2.75) is 6.54 Å². The van der Waals surface area contributed by atoms with Crippen molar-refractivity contribution in [2.75, 3.05) is 5.73 Å². The second-order valence-corrected chi connectivity index (χ2v) is 5.77. The van der Waals surface area contributed by atoms with Crippen molar-refractivity contribution in [2.24, 2.45) is 5.73 Å². The smallest absolute Gasteiger partial charge is 0.123 e. The lowest BCUT2D eigenvalue weighted by molar-refractivity contribution is 0.628. The molecule has 0 spiro atoms. The van der Waals surface area contributed by atoms with Crippen LogP contribution < -0.4 is 11.5 Å². The summed E-state index contributed by atoms with van der Waals surface area (Å²) in [6.45, 7) is 0.430.